The van der Waals surface area contributed by atoms with Crippen molar-refractivity contribution in [1.29, 1.82) is 0 Å². The van der Waals surface area contributed by atoms with E-state index < -0.39 is 0 Å². The molecule has 53 heavy (non-hydrogen) atoms. The molecule has 0 atom stereocenters. The van der Waals surface area contributed by atoms with Gasteiger partial charge in [-0.2, -0.15) is 0 Å². The maximum atomic E-state index is 5.46. The lowest BCUT2D eigenvalue weighted by Gasteiger charge is -2.15. The quantitative estimate of drug-likeness (QED) is 0.170. The number of para-hydroxylation sites is 3. The summed E-state index contributed by atoms with van der Waals surface area (Å²) in [6.45, 7) is 0. The van der Waals surface area contributed by atoms with Crippen LogP contribution < -0.4 is 0 Å². The molecule has 0 radical (unpaired) electrons. The van der Waals surface area contributed by atoms with Crippen LogP contribution in [0.1, 0.15) is 0 Å². The molecule has 0 unspecified atom stereocenters. The Morgan fingerprint density at radius 1 is 0.340 bits per heavy atom. The third-order valence-electron chi connectivity index (χ3n) is 10.9. The first-order chi connectivity index (χ1) is 26.3. The summed E-state index contributed by atoms with van der Waals surface area (Å²) in [5.41, 5.74) is 11.4. The highest BCUT2D eigenvalue weighted by Crippen LogP contribution is 2.43. The van der Waals surface area contributed by atoms with Crippen LogP contribution in [0.3, 0.4) is 0 Å². The van der Waals surface area contributed by atoms with Gasteiger partial charge < -0.3 is 4.57 Å². The number of nitrogens with zero attached hydrogens (tertiary/aromatic N) is 2. The van der Waals surface area contributed by atoms with Crippen molar-refractivity contribution in [2.24, 2.45) is 0 Å². The SMILES string of the molecule is c1ccc(-n2c3ccccc3c3ccc4c5ccccc5nc(-c5cccc(-c6ccc7cc(-c8ccc9ccccc9c8)ccc7c6)c5)c4c32)cc1. The average Bonchev–Trinajstić information content (AvgIpc) is 3.58. The van der Waals surface area contributed by atoms with Gasteiger partial charge >= 0.3 is 0 Å². The molecule has 2 heteroatoms. The summed E-state index contributed by atoms with van der Waals surface area (Å²) in [4.78, 5) is 5.46. The van der Waals surface area contributed by atoms with Gasteiger partial charge in [-0.25, -0.2) is 4.98 Å². The van der Waals surface area contributed by atoms with E-state index in [1.807, 2.05) is 0 Å². The van der Waals surface area contributed by atoms with Crippen LogP contribution in [0.25, 0.3) is 104 Å². The molecule has 0 aliphatic heterocycles. The van der Waals surface area contributed by atoms with Gasteiger partial charge in [0.05, 0.1) is 22.2 Å². The smallest absolute Gasteiger partial charge is 0.0809 e. The number of rotatable bonds is 4. The summed E-state index contributed by atoms with van der Waals surface area (Å²) in [5.74, 6) is 0. The Kier molecular flexibility index (Phi) is 6.59. The van der Waals surface area contributed by atoms with Gasteiger partial charge in [0.1, 0.15) is 0 Å². The minimum atomic E-state index is 0.993. The largest absolute Gasteiger partial charge is 0.309 e. The number of aromatic nitrogens is 2. The van der Waals surface area contributed by atoms with Crippen molar-refractivity contribution in [3.8, 4) is 39.2 Å². The van der Waals surface area contributed by atoms with Crippen LogP contribution in [0, 0.1) is 0 Å². The highest BCUT2D eigenvalue weighted by atomic mass is 15.0. The zero-order valence-corrected chi connectivity index (χ0v) is 28.9. The van der Waals surface area contributed by atoms with Crippen LogP contribution in [0.5, 0.6) is 0 Å². The Labute approximate surface area is 306 Å². The summed E-state index contributed by atoms with van der Waals surface area (Å²) in [7, 11) is 0. The van der Waals surface area contributed by atoms with Crippen LogP contribution in [0.2, 0.25) is 0 Å². The van der Waals surface area contributed by atoms with E-state index in [1.54, 1.807) is 0 Å². The Hall–Kier alpha value is -7.03. The molecule has 2 aromatic heterocycles. The number of hydrogen-bond acceptors (Lipinski definition) is 1. The lowest BCUT2D eigenvalue weighted by molar-refractivity contribution is 1.19. The van der Waals surface area contributed by atoms with Crippen molar-refractivity contribution in [3.63, 3.8) is 0 Å². The molecule has 0 spiro atoms. The molecule has 0 aliphatic rings. The van der Waals surface area contributed by atoms with Crippen LogP contribution in [-0.2, 0) is 0 Å². The van der Waals surface area contributed by atoms with Gasteiger partial charge in [-0.1, -0.05) is 146 Å². The molecule has 2 nitrogen and oxygen atoms in total. The zero-order valence-electron chi connectivity index (χ0n) is 28.9. The molecular formula is C51H32N2. The van der Waals surface area contributed by atoms with Gasteiger partial charge in [0.25, 0.3) is 0 Å². The zero-order chi connectivity index (χ0) is 34.9. The molecule has 0 saturated carbocycles. The predicted molar refractivity (Wildman–Crippen MR) is 225 cm³/mol. The van der Waals surface area contributed by atoms with Crippen LogP contribution in [0.15, 0.2) is 194 Å². The third-order valence-corrected chi connectivity index (χ3v) is 10.9. The maximum absolute atomic E-state index is 5.46. The Morgan fingerprint density at radius 3 is 1.68 bits per heavy atom. The van der Waals surface area contributed by atoms with Gasteiger partial charge in [-0.15, -0.1) is 0 Å². The summed E-state index contributed by atoms with van der Waals surface area (Å²) in [5, 5.41) is 11.0. The van der Waals surface area contributed by atoms with Crippen molar-refractivity contribution < 1.29 is 0 Å². The highest BCUT2D eigenvalue weighted by Gasteiger charge is 2.20. The topological polar surface area (TPSA) is 17.8 Å². The van der Waals surface area contributed by atoms with Crippen molar-refractivity contribution in [2.75, 3.05) is 0 Å². The molecule has 9 aromatic carbocycles. The van der Waals surface area contributed by atoms with E-state index in [0.717, 1.165) is 33.2 Å². The summed E-state index contributed by atoms with van der Waals surface area (Å²) < 4.78 is 2.42. The molecule has 0 N–H and O–H groups in total. The molecule has 2 heterocycles. The molecule has 11 rings (SSSR count). The fraction of sp³-hybridized carbons (Fsp3) is 0. The summed E-state index contributed by atoms with van der Waals surface area (Å²) in [6.07, 6.45) is 0. The third kappa shape index (κ3) is 4.77. The van der Waals surface area contributed by atoms with E-state index in [0.29, 0.717) is 0 Å². The number of fused-ring (bicyclic) bond motifs is 9. The van der Waals surface area contributed by atoms with Gasteiger partial charge in [0, 0.05) is 32.8 Å². The van der Waals surface area contributed by atoms with Crippen LogP contribution in [0.4, 0.5) is 0 Å². The van der Waals surface area contributed by atoms with Gasteiger partial charge in [0.15, 0.2) is 0 Å². The Bertz CT molecular complexity index is 3220. The molecule has 0 amide bonds. The van der Waals surface area contributed by atoms with E-state index in [1.165, 1.54) is 71.0 Å². The standard InChI is InChI=1S/C51H32N2/c1-2-15-42(16-3-1)53-48-20-9-7-18-44(48)46-28-27-45-43-17-6-8-19-47(43)52-50(49(45)51(46)53)41-14-10-13-35(32-41)36-23-24-40-31-39(26-25-38(40)30-36)37-22-21-33-11-4-5-12-34(33)29-37/h1-32H. The van der Waals surface area contributed by atoms with Gasteiger partial charge in [0.2, 0.25) is 0 Å². The molecule has 0 fully saturated rings. The summed E-state index contributed by atoms with van der Waals surface area (Å²) in [6, 6.07) is 70.4. The molecule has 0 bridgehead atoms. The van der Waals surface area contributed by atoms with E-state index in [9.17, 15) is 0 Å². The van der Waals surface area contributed by atoms with E-state index in [4.69, 9.17) is 4.98 Å². The molecule has 11 aromatic rings. The first-order valence-electron chi connectivity index (χ1n) is 18.2. The maximum Gasteiger partial charge on any atom is 0.0809 e. The fourth-order valence-electron chi connectivity index (χ4n) is 8.37. The van der Waals surface area contributed by atoms with Crippen molar-refractivity contribution in [2.45, 2.75) is 0 Å². The first-order valence-corrected chi connectivity index (χ1v) is 18.2. The lowest BCUT2D eigenvalue weighted by Crippen LogP contribution is -1.97. The first kappa shape index (κ1) is 29.7. The van der Waals surface area contributed by atoms with Crippen LogP contribution >= 0.6 is 0 Å². The minimum Gasteiger partial charge on any atom is -0.309 e. The Morgan fingerprint density at radius 2 is 0.906 bits per heavy atom. The number of pyridine rings is 1. The van der Waals surface area contributed by atoms with Crippen molar-refractivity contribution >= 4 is 65.0 Å². The van der Waals surface area contributed by atoms with E-state index in [2.05, 4.69) is 199 Å². The van der Waals surface area contributed by atoms with E-state index in [-0.39, 0.29) is 0 Å². The lowest BCUT2D eigenvalue weighted by atomic mass is 9.94. The van der Waals surface area contributed by atoms with Crippen LogP contribution in [-0.4, -0.2) is 9.55 Å². The summed E-state index contributed by atoms with van der Waals surface area (Å²) >= 11 is 0. The fourth-order valence-corrected chi connectivity index (χ4v) is 8.37. The second-order valence-electron chi connectivity index (χ2n) is 14.0. The molecular weight excluding hydrogens is 641 g/mol. The van der Waals surface area contributed by atoms with Gasteiger partial charge in [-0.05, 0) is 97.7 Å². The number of hydrogen-bond donors (Lipinski definition) is 0. The van der Waals surface area contributed by atoms with Crippen molar-refractivity contribution in [1.82, 2.24) is 9.55 Å². The molecule has 0 saturated heterocycles. The molecule has 0 aliphatic carbocycles. The normalized spacial score (nSPS) is 11.8. The monoisotopic (exact) mass is 672 g/mol. The van der Waals surface area contributed by atoms with E-state index >= 15 is 0 Å². The highest BCUT2D eigenvalue weighted by molar-refractivity contribution is 6.25. The van der Waals surface area contributed by atoms with Crippen molar-refractivity contribution in [3.05, 3.63) is 194 Å². The van der Waals surface area contributed by atoms with Gasteiger partial charge in [-0.3, -0.25) is 0 Å². The predicted octanol–water partition coefficient (Wildman–Crippen LogP) is 13.8. The molecule has 246 valence electrons. The minimum absolute atomic E-state index is 0.993. The average molecular weight is 673 g/mol. The Balaban J connectivity index is 1.10. The second kappa shape index (κ2) is 11.8. The number of benzene rings is 9. The second-order valence-corrected chi connectivity index (χ2v) is 14.0.